The predicted octanol–water partition coefficient (Wildman–Crippen LogP) is 2.67. The molecule has 2 aromatic rings. The fourth-order valence-corrected chi connectivity index (χ4v) is 2.07. The van der Waals surface area contributed by atoms with E-state index in [0.717, 1.165) is 17.0 Å². The second-order valence-electron chi connectivity index (χ2n) is 5.09. The Morgan fingerprint density at radius 2 is 1.75 bits per heavy atom. The molecule has 0 saturated carbocycles. The number of aromatic nitrogens is 2. The van der Waals surface area contributed by atoms with Crippen molar-refractivity contribution < 1.29 is 14.2 Å². The Bertz CT molecular complexity index is 682. The molecule has 0 aliphatic carbocycles. The fourth-order valence-electron chi connectivity index (χ4n) is 2.07. The minimum absolute atomic E-state index is 0.461. The fraction of sp³-hybridized carbons (Fsp3) is 0.353. The first-order chi connectivity index (χ1) is 11.7. The molecule has 1 aromatic heterocycles. The number of hydrogen-bond acceptors (Lipinski definition) is 7. The van der Waals surface area contributed by atoms with Crippen molar-refractivity contribution in [2.24, 2.45) is 5.10 Å². The normalized spacial score (nSPS) is 11.2. The summed E-state index contributed by atoms with van der Waals surface area (Å²) >= 11 is 0. The van der Waals surface area contributed by atoms with Gasteiger partial charge < -0.3 is 14.2 Å². The van der Waals surface area contributed by atoms with Crippen LogP contribution in [0, 0.1) is 0 Å². The van der Waals surface area contributed by atoms with Gasteiger partial charge in [-0.3, -0.25) is 5.43 Å². The molecule has 2 rings (SSSR count). The average molecular weight is 330 g/mol. The van der Waals surface area contributed by atoms with E-state index in [-0.39, 0.29) is 0 Å². The zero-order valence-corrected chi connectivity index (χ0v) is 14.4. The molecule has 1 N–H and O–H groups in total. The first kappa shape index (κ1) is 17.7. The number of ether oxygens (including phenoxy) is 3. The lowest BCUT2D eigenvalue weighted by atomic mass is 10.2. The summed E-state index contributed by atoms with van der Waals surface area (Å²) in [6.45, 7) is 2.43. The lowest BCUT2D eigenvalue weighted by Gasteiger charge is -2.09. The van der Waals surface area contributed by atoms with Gasteiger partial charge >= 0.3 is 0 Å². The molecule has 7 nitrogen and oxygen atoms in total. The summed E-state index contributed by atoms with van der Waals surface area (Å²) in [5.74, 6) is 1.51. The van der Waals surface area contributed by atoms with Gasteiger partial charge in [0.25, 0.3) is 0 Å². The zero-order valence-electron chi connectivity index (χ0n) is 14.4. The van der Waals surface area contributed by atoms with Gasteiger partial charge in [0.1, 0.15) is 5.82 Å². The van der Waals surface area contributed by atoms with Gasteiger partial charge in [-0.05, 0) is 13.0 Å². The maximum atomic E-state index is 5.19. The molecule has 0 aliphatic heterocycles. The van der Waals surface area contributed by atoms with Crippen molar-refractivity contribution in [1.82, 2.24) is 9.97 Å². The van der Waals surface area contributed by atoms with Crippen LogP contribution in [0.5, 0.6) is 11.8 Å². The van der Waals surface area contributed by atoms with Crippen molar-refractivity contribution >= 4 is 11.4 Å². The van der Waals surface area contributed by atoms with E-state index < -0.39 is 0 Å². The molecule has 0 spiro atoms. The SMILES string of the molecule is COCc1ccccc1N/N=C(\C)Cc1nc(OC)cc(OC)n1. The summed E-state index contributed by atoms with van der Waals surface area (Å²) in [4.78, 5) is 8.60. The summed E-state index contributed by atoms with van der Waals surface area (Å²) in [5.41, 5.74) is 5.84. The van der Waals surface area contributed by atoms with E-state index in [1.54, 1.807) is 27.4 Å². The molecular weight excluding hydrogens is 308 g/mol. The van der Waals surface area contributed by atoms with Crippen LogP contribution in [0.3, 0.4) is 0 Å². The molecule has 0 atom stereocenters. The molecule has 0 bridgehead atoms. The lowest BCUT2D eigenvalue weighted by molar-refractivity contribution is 0.185. The third-order valence-corrected chi connectivity index (χ3v) is 3.24. The molecule has 0 fully saturated rings. The third kappa shape index (κ3) is 4.92. The molecule has 7 heteroatoms. The molecule has 0 radical (unpaired) electrons. The molecule has 0 saturated heterocycles. The smallest absolute Gasteiger partial charge is 0.220 e. The number of anilines is 1. The van der Waals surface area contributed by atoms with Crippen LogP contribution >= 0.6 is 0 Å². The number of benzene rings is 1. The van der Waals surface area contributed by atoms with Gasteiger partial charge in [-0.1, -0.05) is 18.2 Å². The zero-order chi connectivity index (χ0) is 17.4. The van der Waals surface area contributed by atoms with Crippen LogP contribution in [-0.4, -0.2) is 37.0 Å². The molecule has 24 heavy (non-hydrogen) atoms. The Morgan fingerprint density at radius 1 is 1.08 bits per heavy atom. The van der Waals surface area contributed by atoms with Gasteiger partial charge in [-0.15, -0.1) is 0 Å². The van der Waals surface area contributed by atoms with Crippen LogP contribution in [0.15, 0.2) is 35.4 Å². The average Bonchev–Trinajstić information content (AvgIpc) is 2.60. The second kappa shape index (κ2) is 8.83. The van der Waals surface area contributed by atoms with Gasteiger partial charge in [0.05, 0.1) is 32.6 Å². The number of methoxy groups -OCH3 is 3. The third-order valence-electron chi connectivity index (χ3n) is 3.24. The summed E-state index contributed by atoms with van der Waals surface area (Å²) in [6, 6.07) is 9.49. The highest BCUT2D eigenvalue weighted by Gasteiger charge is 2.07. The van der Waals surface area contributed by atoms with Gasteiger partial charge in [0.15, 0.2) is 0 Å². The summed E-state index contributed by atoms with van der Waals surface area (Å²) in [5, 5.41) is 4.39. The quantitative estimate of drug-likeness (QED) is 0.592. The van der Waals surface area contributed by atoms with Gasteiger partial charge in [0.2, 0.25) is 11.8 Å². The first-order valence-electron chi connectivity index (χ1n) is 7.48. The monoisotopic (exact) mass is 330 g/mol. The molecule has 0 unspecified atom stereocenters. The summed E-state index contributed by atoms with van der Waals surface area (Å²) in [7, 11) is 4.78. The van der Waals surface area contributed by atoms with Gasteiger partial charge in [0, 0.05) is 24.8 Å². The highest BCUT2D eigenvalue weighted by Crippen LogP contribution is 2.17. The van der Waals surface area contributed by atoms with E-state index in [4.69, 9.17) is 14.2 Å². The van der Waals surface area contributed by atoms with E-state index in [1.807, 2.05) is 31.2 Å². The highest BCUT2D eigenvalue weighted by molar-refractivity contribution is 5.84. The number of para-hydroxylation sites is 1. The second-order valence-corrected chi connectivity index (χ2v) is 5.09. The Morgan fingerprint density at radius 3 is 2.38 bits per heavy atom. The number of nitrogens with zero attached hydrogens (tertiary/aromatic N) is 3. The molecular formula is C17H22N4O3. The number of rotatable bonds is 8. The van der Waals surface area contributed by atoms with Gasteiger partial charge in [-0.25, -0.2) is 0 Å². The lowest BCUT2D eigenvalue weighted by Crippen LogP contribution is -2.08. The van der Waals surface area contributed by atoms with E-state index in [1.165, 1.54) is 0 Å². The predicted molar refractivity (Wildman–Crippen MR) is 92.7 cm³/mol. The minimum atomic E-state index is 0.461. The Labute approximate surface area is 141 Å². The van der Waals surface area contributed by atoms with E-state index in [0.29, 0.717) is 30.6 Å². The largest absolute Gasteiger partial charge is 0.481 e. The van der Waals surface area contributed by atoms with E-state index >= 15 is 0 Å². The van der Waals surface area contributed by atoms with Crippen molar-refractivity contribution in [3.63, 3.8) is 0 Å². The summed E-state index contributed by atoms with van der Waals surface area (Å²) in [6.07, 6.45) is 0.479. The molecule has 0 amide bonds. The van der Waals surface area contributed by atoms with Crippen molar-refractivity contribution in [2.45, 2.75) is 20.0 Å². The Kier molecular flexibility index (Phi) is 6.51. The van der Waals surface area contributed by atoms with Gasteiger partial charge in [-0.2, -0.15) is 15.1 Å². The molecule has 0 aliphatic rings. The molecule has 128 valence electrons. The van der Waals surface area contributed by atoms with Crippen LogP contribution in [0.4, 0.5) is 5.69 Å². The van der Waals surface area contributed by atoms with Crippen LogP contribution in [0.2, 0.25) is 0 Å². The number of nitrogens with one attached hydrogen (secondary N) is 1. The molecule has 1 heterocycles. The highest BCUT2D eigenvalue weighted by atomic mass is 16.5. The minimum Gasteiger partial charge on any atom is -0.481 e. The maximum Gasteiger partial charge on any atom is 0.220 e. The Balaban J connectivity index is 2.09. The maximum absolute atomic E-state index is 5.19. The first-order valence-corrected chi connectivity index (χ1v) is 7.48. The van der Waals surface area contributed by atoms with Crippen molar-refractivity contribution in [1.29, 1.82) is 0 Å². The van der Waals surface area contributed by atoms with Crippen LogP contribution in [0.25, 0.3) is 0 Å². The van der Waals surface area contributed by atoms with E-state index in [2.05, 4.69) is 20.5 Å². The standard InChI is InChI=1S/C17H22N4O3/c1-12(9-15-18-16(23-3)10-17(19-15)24-4)20-21-14-8-6-5-7-13(14)11-22-2/h5-8,10,21H,9,11H2,1-4H3/b20-12+. The van der Waals surface area contributed by atoms with Crippen molar-refractivity contribution in [3.05, 3.63) is 41.7 Å². The van der Waals surface area contributed by atoms with Crippen LogP contribution in [-0.2, 0) is 17.8 Å². The summed E-state index contributed by atoms with van der Waals surface area (Å²) < 4.78 is 15.5. The van der Waals surface area contributed by atoms with Crippen LogP contribution < -0.4 is 14.9 Å². The molecule has 1 aromatic carbocycles. The van der Waals surface area contributed by atoms with Crippen molar-refractivity contribution in [3.8, 4) is 11.8 Å². The Hall–Kier alpha value is -2.67. The van der Waals surface area contributed by atoms with Crippen LogP contribution in [0.1, 0.15) is 18.3 Å². The number of hydrazone groups is 1. The number of hydrogen-bond donors (Lipinski definition) is 1. The van der Waals surface area contributed by atoms with E-state index in [9.17, 15) is 0 Å². The van der Waals surface area contributed by atoms with Crippen molar-refractivity contribution in [2.75, 3.05) is 26.8 Å². The topological polar surface area (TPSA) is 77.9 Å².